The predicted octanol–water partition coefficient (Wildman–Crippen LogP) is -6.77. The van der Waals surface area contributed by atoms with Crippen LogP contribution >= 0.6 is 0 Å². The second-order valence-corrected chi connectivity index (χ2v) is 16.2. The summed E-state index contributed by atoms with van der Waals surface area (Å²) in [6.07, 6.45) is -5.50. The van der Waals surface area contributed by atoms with Gasteiger partial charge in [-0.3, -0.25) is 48.3 Å². The van der Waals surface area contributed by atoms with Crippen LogP contribution in [-0.2, 0) is 49.6 Å². The van der Waals surface area contributed by atoms with Crippen LogP contribution in [0.4, 0.5) is 4.79 Å². The van der Waals surface area contributed by atoms with E-state index in [1.165, 1.54) is 4.90 Å². The monoisotopic (exact) mass is 991 g/mol. The largest absolute Gasteiger partial charge is 0.480 e. The second-order valence-electron chi connectivity index (χ2n) is 16.2. The van der Waals surface area contributed by atoms with Gasteiger partial charge in [0.05, 0.1) is 18.6 Å². The minimum absolute atomic E-state index is 0.0266. The van der Waals surface area contributed by atoms with Gasteiger partial charge < -0.3 is 91.2 Å². The van der Waals surface area contributed by atoms with Crippen molar-refractivity contribution in [1.29, 1.82) is 0 Å². The fraction of sp³-hybridized carbons (Fsp3) is 0.561. The van der Waals surface area contributed by atoms with E-state index >= 15 is 0 Å². The summed E-state index contributed by atoms with van der Waals surface area (Å²) in [4.78, 5) is 139. The molecule has 0 unspecified atom stereocenters. The number of nitrogens with zero attached hydrogens (tertiary/aromatic N) is 3. The number of likely N-dealkylation sites (tertiary alicyclic amines) is 1. The first-order valence-electron chi connectivity index (χ1n) is 22.0. The number of carbonyl (C=O) groups is 10. The summed E-state index contributed by atoms with van der Waals surface area (Å²) < 4.78 is 0. The highest BCUT2D eigenvalue weighted by atomic mass is 16.4. The summed E-state index contributed by atoms with van der Waals surface area (Å²) in [5.41, 5.74) is 27.5. The fourth-order valence-corrected chi connectivity index (χ4v) is 7.01. The maximum absolute atomic E-state index is 14.0. The van der Waals surface area contributed by atoms with Crippen LogP contribution in [0.5, 0.6) is 0 Å². The summed E-state index contributed by atoms with van der Waals surface area (Å²) in [6, 6.07) is -2.89. The molecule has 0 aromatic heterocycles. The molecular weight excluding hydrogens is 927 g/mol. The van der Waals surface area contributed by atoms with Gasteiger partial charge in [0, 0.05) is 26.1 Å². The van der Waals surface area contributed by atoms with E-state index in [1.54, 1.807) is 30.3 Å². The molecule has 1 aromatic carbocycles. The minimum Gasteiger partial charge on any atom is -0.480 e. The molecule has 0 aliphatic carbocycles. The van der Waals surface area contributed by atoms with Crippen LogP contribution in [0.3, 0.4) is 0 Å². The molecule has 1 saturated heterocycles. The minimum atomic E-state index is -1.93. The third-order valence-corrected chi connectivity index (χ3v) is 10.5. The molecule has 0 saturated carbocycles. The van der Waals surface area contributed by atoms with E-state index in [2.05, 4.69) is 41.9 Å². The number of benzene rings is 1. The third-order valence-electron chi connectivity index (χ3n) is 10.5. The molecule has 9 amide bonds. The zero-order chi connectivity index (χ0) is 52.7. The van der Waals surface area contributed by atoms with Gasteiger partial charge in [-0.2, -0.15) is 0 Å². The van der Waals surface area contributed by atoms with Gasteiger partial charge in [-0.25, -0.2) is 9.59 Å². The van der Waals surface area contributed by atoms with Crippen molar-refractivity contribution in [3.63, 3.8) is 0 Å². The SMILES string of the molecule is C[C@@H](O)[C@H](NC(=O)[C@H](CCCN=C(N)N)NC(=O)[C@@H]1CCCN1C(=O)[C@H](CCCN=C(N)N)NC(=O)CNC(=O)O)C(=O)N[C@H](C(=O)N[C@@H](CC(N)=O)C(=O)N[C@@H](Cc1ccccc1)C(=O)O)[C@@H](C)O. The molecule has 1 heterocycles. The van der Waals surface area contributed by atoms with Crippen LogP contribution in [0.15, 0.2) is 40.3 Å². The van der Waals surface area contributed by atoms with Gasteiger partial charge in [0.2, 0.25) is 47.3 Å². The number of nitrogens with one attached hydrogen (secondary N) is 7. The van der Waals surface area contributed by atoms with E-state index in [0.29, 0.717) is 12.0 Å². The van der Waals surface area contributed by atoms with Gasteiger partial charge >= 0.3 is 12.1 Å². The number of aliphatic hydroxyl groups is 2. The molecule has 0 radical (unpaired) electrons. The van der Waals surface area contributed by atoms with E-state index in [-0.39, 0.29) is 70.1 Å². The predicted molar refractivity (Wildman–Crippen MR) is 247 cm³/mol. The van der Waals surface area contributed by atoms with Crippen molar-refractivity contribution in [2.75, 3.05) is 26.2 Å². The second kappa shape index (κ2) is 29.2. The molecule has 0 bridgehead atoms. The van der Waals surface area contributed by atoms with Crippen LogP contribution in [0.2, 0.25) is 0 Å². The molecule has 2 rings (SSSR count). The van der Waals surface area contributed by atoms with Crippen molar-refractivity contribution in [1.82, 2.24) is 42.1 Å². The van der Waals surface area contributed by atoms with Gasteiger partial charge in [-0.15, -0.1) is 0 Å². The Hall–Kier alpha value is -7.82. The number of carboxylic acids is 1. The Morgan fingerprint density at radius 3 is 1.70 bits per heavy atom. The summed E-state index contributed by atoms with van der Waals surface area (Å²) in [7, 11) is 0. The molecule has 70 heavy (non-hydrogen) atoms. The van der Waals surface area contributed by atoms with E-state index < -0.39 is 127 Å². The zero-order valence-corrected chi connectivity index (χ0v) is 38.7. The smallest absolute Gasteiger partial charge is 0.405 e. The number of nitrogens with two attached hydrogens (primary N) is 5. The number of guanidine groups is 2. The van der Waals surface area contributed by atoms with E-state index in [4.69, 9.17) is 33.8 Å². The number of carbonyl (C=O) groups excluding carboxylic acids is 8. The lowest BCUT2D eigenvalue weighted by Gasteiger charge is -2.31. The lowest BCUT2D eigenvalue weighted by atomic mass is 10.0. The summed E-state index contributed by atoms with van der Waals surface area (Å²) >= 11 is 0. The normalized spacial score (nSPS) is 16.4. The molecule has 29 heteroatoms. The van der Waals surface area contributed by atoms with Crippen LogP contribution in [-0.4, -0.2) is 177 Å². The molecule has 1 aliphatic heterocycles. The van der Waals surface area contributed by atoms with Gasteiger partial charge in [-0.1, -0.05) is 30.3 Å². The average molecular weight is 992 g/mol. The average Bonchev–Trinajstić information content (AvgIpc) is 3.78. The molecule has 0 spiro atoms. The van der Waals surface area contributed by atoms with Gasteiger partial charge in [-0.05, 0) is 57.9 Å². The number of aliphatic carboxylic acids is 1. The fourth-order valence-electron chi connectivity index (χ4n) is 7.01. The van der Waals surface area contributed by atoms with Crippen molar-refractivity contribution in [3.05, 3.63) is 35.9 Å². The maximum Gasteiger partial charge on any atom is 0.405 e. The number of primary amides is 1. The highest BCUT2D eigenvalue weighted by Gasteiger charge is 2.40. The van der Waals surface area contributed by atoms with Crippen LogP contribution in [0.25, 0.3) is 0 Å². The first kappa shape index (κ1) is 58.3. The number of carboxylic acid groups (broad SMARTS) is 2. The lowest BCUT2D eigenvalue weighted by Crippen LogP contribution is -2.63. The van der Waals surface area contributed by atoms with Crippen LogP contribution in [0.1, 0.15) is 64.4 Å². The first-order valence-corrected chi connectivity index (χ1v) is 22.0. The molecule has 1 aliphatic rings. The number of rotatable bonds is 29. The number of hydrogen-bond acceptors (Lipinski definition) is 14. The highest BCUT2D eigenvalue weighted by molar-refractivity contribution is 5.99. The standard InChI is InChI=1S/C41H65N15O14/c1-20(57)30(35(64)52-25(18-28(42)59)33(62)53-26(38(67)68)17-22-9-4-3-5-10-22)55-36(65)31(21(2)58)54-32(61)23(11-6-14-47-39(43)44)51-34(63)27-13-8-16-56(27)37(66)24(12-7-15-48-40(45)46)50-29(60)19-49-41(69)70/h3-5,9-10,20-21,23-27,30-31,49,57-58H,6-8,11-19H2,1-2H3,(H2,42,59)(H,50,60)(H,51,63)(H,52,64)(H,53,62)(H,54,61)(H,55,65)(H,67,68)(H,69,70)(H4,43,44,47)(H4,45,46,48)/t20-,21-,23+,24+,25+,26+,27+,30+,31+/m1/s1. The van der Waals surface area contributed by atoms with E-state index in [1.807, 2.05) is 5.32 Å². The van der Waals surface area contributed by atoms with E-state index in [9.17, 15) is 63.3 Å². The molecular formula is C41H65N15O14. The maximum atomic E-state index is 14.0. The Morgan fingerprint density at radius 2 is 1.19 bits per heavy atom. The van der Waals surface area contributed by atoms with Gasteiger partial charge in [0.25, 0.3) is 0 Å². The zero-order valence-electron chi connectivity index (χ0n) is 38.7. The molecule has 388 valence electrons. The van der Waals surface area contributed by atoms with Crippen molar-refractivity contribution < 1.29 is 68.4 Å². The third kappa shape index (κ3) is 20.6. The quantitative estimate of drug-likeness (QED) is 0.0201. The molecule has 21 N–H and O–H groups in total. The van der Waals surface area contributed by atoms with Crippen LogP contribution < -0.4 is 65.9 Å². The van der Waals surface area contributed by atoms with Crippen molar-refractivity contribution in [2.24, 2.45) is 38.7 Å². The Labute approximate surface area is 401 Å². The topological polar surface area (TPSA) is 494 Å². The Bertz CT molecular complexity index is 2070. The molecule has 9 atom stereocenters. The van der Waals surface area contributed by atoms with Crippen molar-refractivity contribution >= 4 is 71.2 Å². The van der Waals surface area contributed by atoms with Crippen molar-refractivity contribution in [3.8, 4) is 0 Å². The lowest BCUT2D eigenvalue weighted by molar-refractivity contribution is -0.142. The Kier molecular flexibility index (Phi) is 24.3. The number of aliphatic hydroxyl groups excluding tert-OH is 2. The number of hydrogen-bond donors (Lipinski definition) is 16. The summed E-state index contributed by atoms with van der Waals surface area (Å²) in [5, 5.41) is 55.8. The summed E-state index contributed by atoms with van der Waals surface area (Å²) in [6.45, 7) is 1.56. The Morgan fingerprint density at radius 1 is 0.671 bits per heavy atom. The van der Waals surface area contributed by atoms with Gasteiger partial charge in [0.15, 0.2) is 11.9 Å². The van der Waals surface area contributed by atoms with Crippen molar-refractivity contribution in [2.45, 2.75) is 120 Å². The summed E-state index contributed by atoms with van der Waals surface area (Å²) in [5.74, 6) is -10.1. The Balaban J connectivity index is 2.33. The van der Waals surface area contributed by atoms with Crippen LogP contribution in [0, 0.1) is 0 Å². The van der Waals surface area contributed by atoms with E-state index in [0.717, 1.165) is 13.8 Å². The number of amides is 9. The van der Waals surface area contributed by atoms with Gasteiger partial charge in [0.1, 0.15) is 48.8 Å². The number of aliphatic imine (C=N–C) groups is 2. The molecule has 1 aromatic rings. The first-order chi connectivity index (χ1) is 32.9. The molecule has 1 fully saturated rings. The molecule has 29 nitrogen and oxygen atoms in total. The highest BCUT2D eigenvalue weighted by Crippen LogP contribution is 2.21.